The largest absolute Gasteiger partial charge is 0.456 e. The Kier molecular flexibility index (Phi) is 4.80. The third kappa shape index (κ3) is 3.09. The molecule has 1 aromatic rings. The highest BCUT2D eigenvalue weighted by molar-refractivity contribution is 6.07. The summed E-state index contributed by atoms with van der Waals surface area (Å²) in [6, 6.07) is 1.75. The smallest absolute Gasteiger partial charge is 0.326 e. The fraction of sp³-hybridized carbons (Fsp3) is 0.474. The molecule has 2 atom stereocenters. The van der Waals surface area contributed by atoms with Gasteiger partial charge in [0, 0.05) is 24.0 Å². The Morgan fingerprint density at radius 3 is 2.19 bits per heavy atom. The average molecular weight is 358 g/mol. The Morgan fingerprint density at radius 1 is 1.12 bits per heavy atom. The SMILES string of the molecule is Cc1cc(C(=O)COC(=O)CN2C(=O)[C@H]3CC=CC[C@H]3C2=O)c(C)n1C. The topological polar surface area (TPSA) is 85.7 Å². The van der Waals surface area contributed by atoms with Crippen LogP contribution in [0.15, 0.2) is 18.2 Å². The maximum Gasteiger partial charge on any atom is 0.326 e. The van der Waals surface area contributed by atoms with E-state index < -0.39 is 19.1 Å². The highest BCUT2D eigenvalue weighted by Crippen LogP contribution is 2.34. The maximum atomic E-state index is 12.3. The molecule has 2 amide bonds. The van der Waals surface area contributed by atoms with Gasteiger partial charge in [-0.2, -0.15) is 0 Å². The molecule has 0 N–H and O–H groups in total. The van der Waals surface area contributed by atoms with E-state index in [9.17, 15) is 19.2 Å². The third-order valence-corrected chi connectivity index (χ3v) is 5.33. The molecule has 7 heteroatoms. The standard InChI is InChI=1S/C19H22N2O5/c1-11-8-15(12(2)20(11)3)16(22)10-26-17(23)9-21-18(24)13-6-4-5-7-14(13)19(21)25/h4-5,8,13-14H,6-7,9-10H2,1-3H3/t13-,14+. The molecule has 0 bridgehead atoms. The van der Waals surface area contributed by atoms with Crippen LogP contribution in [0.1, 0.15) is 34.6 Å². The van der Waals surface area contributed by atoms with Gasteiger partial charge in [-0.05, 0) is 32.8 Å². The number of aryl methyl sites for hydroxylation is 1. The van der Waals surface area contributed by atoms with E-state index in [-0.39, 0.29) is 29.4 Å². The molecule has 0 radical (unpaired) electrons. The highest BCUT2D eigenvalue weighted by Gasteiger charge is 2.47. The summed E-state index contributed by atoms with van der Waals surface area (Å²) in [5.41, 5.74) is 2.23. The minimum absolute atomic E-state index is 0.309. The van der Waals surface area contributed by atoms with Crippen molar-refractivity contribution in [2.45, 2.75) is 26.7 Å². The lowest BCUT2D eigenvalue weighted by molar-refractivity contribution is -0.152. The number of imide groups is 1. The predicted molar refractivity (Wildman–Crippen MR) is 92.3 cm³/mol. The lowest BCUT2D eigenvalue weighted by Crippen LogP contribution is -2.37. The van der Waals surface area contributed by atoms with Crippen LogP contribution in [0.2, 0.25) is 0 Å². The zero-order valence-corrected chi connectivity index (χ0v) is 15.2. The molecule has 2 heterocycles. The number of hydrogen-bond donors (Lipinski definition) is 0. The van der Waals surface area contributed by atoms with Gasteiger partial charge in [-0.1, -0.05) is 12.2 Å². The summed E-state index contributed by atoms with van der Waals surface area (Å²) >= 11 is 0. The zero-order chi connectivity index (χ0) is 19.0. The summed E-state index contributed by atoms with van der Waals surface area (Å²) in [5.74, 6) is -2.48. The van der Waals surface area contributed by atoms with Gasteiger partial charge in [0.05, 0.1) is 11.8 Å². The molecule has 1 aliphatic heterocycles. The summed E-state index contributed by atoms with van der Waals surface area (Å²) in [6.07, 6.45) is 4.81. The number of ether oxygens (including phenoxy) is 1. The molecular weight excluding hydrogens is 336 g/mol. The number of ketones is 1. The Hall–Kier alpha value is -2.70. The van der Waals surface area contributed by atoms with Gasteiger partial charge in [-0.25, -0.2) is 0 Å². The number of carbonyl (C=O) groups excluding carboxylic acids is 4. The normalized spacial score (nSPS) is 21.9. The van der Waals surface area contributed by atoms with Crippen LogP contribution in [0.5, 0.6) is 0 Å². The minimum atomic E-state index is -0.753. The number of nitrogens with zero attached hydrogens (tertiary/aromatic N) is 2. The van der Waals surface area contributed by atoms with E-state index in [0.717, 1.165) is 16.3 Å². The van der Waals surface area contributed by atoms with Crippen molar-refractivity contribution in [3.63, 3.8) is 0 Å². The van der Waals surface area contributed by atoms with Crippen LogP contribution >= 0.6 is 0 Å². The van der Waals surface area contributed by atoms with E-state index >= 15 is 0 Å². The van der Waals surface area contributed by atoms with Crippen molar-refractivity contribution in [1.82, 2.24) is 9.47 Å². The maximum absolute atomic E-state index is 12.3. The van der Waals surface area contributed by atoms with Crippen LogP contribution in [0.25, 0.3) is 0 Å². The first-order valence-corrected chi connectivity index (χ1v) is 8.63. The van der Waals surface area contributed by atoms with Crippen LogP contribution in [-0.2, 0) is 26.2 Å². The molecule has 0 spiro atoms. The van der Waals surface area contributed by atoms with Gasteiger partial charge < -0.3 is 9.30 Å². The number of fused-ring (bicyclic) bond motifs is 1. The summed E-state index contributed by atoms with van der Waals surface area (Å²) in [4.78, 5) is 49.9. The monoisotopic (exact) mass is 358 g/mol. The van der Waals surface area contributed by atoms with Gasteiger partial charge in [0.15, 0.2) is 6.61 Å². The number of allylic oxidation sites excluding steroid dienone is 2. The Balaban J connectivity index is 1.58. The highest BCUT2D eigenvalue weighted by atomic mass is 16.5. The molecule has 2 aliphatic rings. The average Bonchev–Trinajstić information content (AvgIpc) is 3.03. The molecule has 0 saturated carbocycles. The molecule has 1 aromatic heterocycles. The first-order chi connectivity index (χ1) is 12.3. The van der Waals surface area contributed by atoms with Crippen molar-refractivity contribution in [3.8, 4) is 0 Å². The molecule has 1 fully saturated rings. The van der Waals surface area contributed by atoms with E-state index in [1.54, 1.807) is 6.07 Å². The first kappa shape index (κ1) is 18.1. The van der Waals surface area contributed by atoms with E-state index in [0.29, 0.717) is 18.4 Å². The van der Waals surface area contributed by atoms with E-state index in [1.165, 1.54) is 0 Å². The van der Waals surface area contributed by atoms with Gasteiger partial charge in [0.1, 0.15) is 6.54 Å². The molecular formula is C19H22N2O5. The number of carbonyl (C=O) groups is 4. The Bertz CT molecular complexity index is 794. The van der Waals surface area contributed by atoms with Crippen LogP contribution < -0.4 is 0 Å². The van der Waals surface area contributed by atoms with Crippen LogP contribution in [-0.4, -0.2) is 46.2 Å². The lowest BCUT2D eigenvalue weighted by Gasteiger charge is -2.14. The predicted octanol–water partition coefficient (Wildman–Crippen LogP) is 1.32. The summed E-state index contributed by atoms with van der Waals surface area (Å²) < 4.78 is 6.90. The zero-order valence-electron chi connectivity index (χ0n) is 15.2. The van der Waals surface area contributed by atoms with Crippen molar-refractivity contribution in [2.24, 2.45) is 18.9 Å². The number of esters is 1. The molecule has 0 aromatic carbocycles. The number of Topliss-reactive ketones (excluding diaryl/α,β-unsaturated/α-hetero) is 1. The number of amides is 2. The van der Waals surface area contributed by atoms with Crippen LogP contribution in [0.4, 0.5) is 0 Å². The quantitative estimate of drug-likeness (QED) is 0.343. The summed E-state index contributed by atoms with van der Waals surface area (Å²) in [5, 5.41) is 0. The molecule has 138 valence electrons. The van der Waals surface area contributed by atoms with Gasteiger partial charge in [-0.15, -0.1) is 0 Å². The number of rotatable bonds is 5. The second-order valence-corrected chi connectivity index (χ2v) is 6.85. The number of likely N-dealkylation sites (tertiary alicyclic amines) is 1. The van der Waals surface area contributed by atoms with Crippen molar-refractivity contribution >= 4 is 23.6 Å². The van der Waals surface area contributed by atoms with Crippen molar-refractivity contribution in [2.75, 3.05) is 13.2 Å². The minimum Gasteiger partial charge on any atom is -0.456 e. The molecule has 3 rings (SSSR count). The second kappa shape index (κ2) is 6.90. The van der Waals surface area contributed by atoms with Crippen LogP contribution in [0, 0.1) is 25.7 Å². The van der Waals surface area contributed by atoms with E-state index in [4.69, 9.17) is 4.74 Å². The Labute approximate surface area is 151 Å². The fourth-order valence-corrected chi connectivity index (χ4v) is 3.56. The number of aromatic nitrogens is 1. The first-order valence-electron chi connectivity index (χ1n) is 8.63. The molecule has 1 aliphatic carbocycles. The van der Waals surface area contributed by atoms with Gasteiger partial charge >= 0.3 is 5.97 Å². The lowest BCUT2D eigenvalue weighted by atomic mass is 9.85. The van der Waals surface area contributed by atoms with Crippen molar-refractivity contribution in [1.29, 1.82) is 0 Å². The number of hydrogen-bond acceptors (Lipinski definition) is 5. The third-order valence-electron chi connectivity index (χ3n) is 5.33. The van der Waals surface area contributed by atoms with Crippen molar-refractivity contribution in [3.05, 3.63) is 35.2 Å². The van der Waals surface area contributed by atoms with Gasteiger partial charge in [-0.3, -0.25) is 24.1 Å². The summed E-state index contributed by atoms with van der Waals surface area (Å²) in [6.45, 7) is 2.85. The molecule has 0 unspecified atom stereocenters. The molecule has 1 saturated heterocycles. The Morgan fingerprint density at radius 2 is 1.69 bits per heavy atom. The molecule has 26 heavy (non-hydrogen) atoms. The van der Waals surface area contributed by atoms with Gasteiger partial charge in [0.2, 0.25) is 17.6 Å². The molecule has 7 nitrogen and oxygen atoms in total. The van der Waals surface area contributed by atoms with E-state index in [2.05, 4.69) is 0 Å². The van der Waals surface area contributed by atoms with Crippen LogP contribution in [0.3, 0.4) is 0 Å². The van der Waals surface area contributed by atoms with Crippen molar-refractivity contribution < 1.29 is 23.9 Å². The van der Waals surface area contributed by atoms with Gasteiger partial charge in [0.25, 0.3) is 0 Å². The fourth-order valence-electron chi connectivity index (χ4n) is 3.56. The summed E-state index contributed by atoms with van der Waals surface area (Å²) in [7, 11) is 1.85. The second-order valence-electron chi connectivity index (χ2n) is 6.85. The van der Waals surface area contributed by atoms with E-state index in [1.807, 2.05) is 37.6 Å².